The Morgan fingerprint density at radius 1 is 1.11 bits per heavy atom. The Bertz CT molecular complexity index is 2440. The molecule has 0 bridgehead atoms. The van der Waals surface area contributed by atoms with Crippen LogP contribution in [0.5, 0.6) is 6.01 Å². The first-order valence-electron chi connectivity index (χ1n) is 21.8. The van der Waals surface area contributed by atoms with Gasteiger partial charge in [0.2, 0.25) is 0 Å². The number of aryl methyl sites for hydroxylation is 1. The van der Waals surface area contributed by atoms with Crippen LogP contribution >= 0.6 is 0 Å². The molecule has 8 nitrogen and oxygen atoms in total. The fourth-order valence-electron chi connectivity index (χ4n) is 11.2. The van der Waals surface area contributed by atoms with Gasteiger partial charge >= 0.3 is 6.01 Å². The maximum absolute atomic E-state index is 16.3. The molecule has 2 N–H and O–H groups in total. The van der Waals surface area contributed by atoms with Gasteiger partial charge in [-0.2, -0.15) is 9.97 Å². The molecule has 5 aliphatic rings. The molecule has 3 aliphatic heterocycles. The molecule has 2 aromatic heterocycles. The normalized spacial score (nSPS) is 26.1. The second-order valence-corrected chi connectivity index (χ2v) is 24.0. The highest BCUT2D eigenvalue weighted by molar-refractivity contribution is 6.90. The van der Waals surface area contributed by atoms with Gasteiger partial charge in [-0.15, -0.1) is 5.54 Å². The summed E-state index contributed by atoms with van der Waals surface area (Å²) in [7, 11) is -2.24. The Morgan fingerprint density at radius 3 is 2.58 bits per heavy atom. The zero-order valence-corrected chi connectivity index (χ0v) is 35.3. The number of rotatable bonds is 8. The summed E-state index contributed by atoms with van der Waals surface area (Å²) >= 11 is 0. The van der Waals surface area contributed by atoms with Crippen LogP contribution in [0.4, 0.5) is 20.3 Å². The summed E-state index contributed by atoms with van der Waals surface area (Å²) in [6.45, 7) is 19.9. The number of pyridine rings is 1. The van der Waals surface area contributed by atoms with Crippen molar-refractivity contribution in [3.63, 3.8) is 0 Å². The van der Waals surface area contributed by atoms with E-state index in [1.807, 2.05) is 24.0 Å². The first-order chi connectivity index (χ1) is 28.0. The molecule has 300 valence electrons. The Labute approximate surface area is 339 Å². The average molecular weight is 793 g/mol. The summed E-state index contributed by atoms with van der Waals surface area (Å²) in [4.78, 5) is 19.1. The van der Waals surface area contributed by atoms with Gasteiger partial charge in [0, 0.05) is 47.4 Å². The van der Waals surface area contributed by atoms with Crippen molar-refractivity contribution >= 4 is 41.3 Å². The average Bonchev–Trinajstić information content (AvgIpc) is 4.04. The molecule has 2 saturated carbocycles. The highest BCUT2D eigenvalue weighted by atomic mass is 28.3. The molecule has 2 aromatic carbocycles. The first-order valence-corrected chi connectivity index (χ1v) is 23.0. The van der Waals surface area contributed by atoms with E-state index in [9.17, 15) is 2.74 Å². The molecule has 1 spiro atoms. The van der Waals surface area contributed by atoms with Crippen LogP contribution in [-0.2, 0) is 4.74 Å². The zero-order valence-electron chi connectivity index (χ0n) is 36.3. The van der Waals surface area contributed by atoms with Crippen LogP contribution in [0, 0.1) is 35.5 Å². The molecule has 5 heterocycles. The lowest BCUT2D eigenvalue weighted by molar-refractivity contribution is 0.0649. The number of nitrogens with zero attached hydrogens (tertiary/aromatic N) is 5. The van der Waals surface area contributed by atoms with Gasteiger partial charge < -0.3 is 20.1 Å². The number of hydrogen-bond donors (Lipinski definition) is 1. The number of alkyl halides is 1. The topological polar surface area (TPSA) is 89.6 Å². The third-order valence-corrected chi connectivity index (χ3v) is 20.7. The van der Waals surface area contributed by atoms with E-state index in [1.54, 1.807) is 12.3 Å². The van der Waals surface area contributed by atoms with Gasteiger partial charge in [-0.05, 0) is 84.8 Å². The molecule has 5 fully saturated rings. The summed E-state index contributed by atoms with van der Waals surface area (Å²) in [5.74, 6) is 3.12. The smallest absolute Gasteiger partial charge is 0.319 e. The SMILES string of the molecule is [2H]C([2H])(Oc1nc(N2CCOC[C@H]3[C@H](F)[C@H]32)c2cnc(-c3cc(N)cc4ccc(F)c(C#C[Si](C(C)C)(C(C)C)C(C)C)c34)c(C)c2n1)[C@]12CC(=C)CN1CCC21CC1. The first kappa shape index (κ1) is 36.0. The number of fused-ring (bicyclic) bond motifs is 5. The Kier molecular flexibility index (Phi) is 8.68. The van der Waals surface area contributed by atoms with E-state index in [4.69, 9.17) is 30.2 Å². The molecule has 4 aromatic rings. The number of aromatic nitrogens is 3. The predicted molar refractivity (Wildman–Crippen MR) is 227 cm³/mol. The lowest BCUT2D eigenvalue weighted by atomic mass is 9.80. The number of anilines is 2. The number of ether oxygens (including phenoxy) is 2. The summed E-state index contributed by atoms with van der Waals surface area (Å²) in [6, 6.07) is 6.27. The predicted octanol–water partition coefficient (Wildman–Crippen LogP) is 9.18. The summed E-state index contributed by atoms with van der Waals surface area (Å²) < 4.78 is 63.3. The second-order valence-electron chi connectivity index (χ2n) is 18.4. The van der Waals surface area contributed by atoms with Gasteiger partial charge in [0.1, 0.15) is 32.4 Å². The van der Waals surface area contributed by atoms with E-state index in [2.05, 4.69) is 64.5 Å². The van der Waals surface area contributed by atoms with Gasteiger partial charge in [-0.3, -0.25) is 9.88 Å². The van der Waals surface area contributed by atoms with Gasteiger partial charge in [-0.1, -0.05) is 65.7 Å². The standard InChI is InChI=1S/C46H56F2N6O2Si/c1-26(2)57(27(3)4,28(5)6)18-11-33-37(47)10-9-31-19-32(49)20-34(38(31)33)40-30(8)41-35(22-50-40)43(54-16-17-55-24-36-39(48)42(36)54)52-44(51-41)56-25-46-21-29(7)23-53(46)15-14-45(46)12-13-45/h9-10,19-20,22,26-28,36,39,42H,7,12-17,21,23-25,49H2,1-6,8H3/t36-,39-,42-,46-/m0/s1/i25D2. The Hall–Kier alpha value is -4.11. The second kappa shape index (κ2) is 13.7. The fraction of sp³-hybridized carbons (Fsp3) is 0.543. The van der Waals surface area contributed by atoms with Crippen LogP contribution in [0.3, 0.4) is 0 Å². The van der Waals surface area contributed by atoms with Gasteiger partial charge in [-0.25, -0.2) is 8.78 Å². The van der Waals surface area contributed by atoms with Crippen LogP contribution in [0.25, 0.3) is 32.9 Å². The molecule has 0 unspecified atom stereocenters. The lowest BCUT2D eigenvalue weighted by Crippen LogP contribution is -2.49. The monoisotopic (exact) mass is 792 g/mol. The third kappa shape index (κ3) is 5.90. The Morgan fingerprint density at radius 2 is 1.86 bits per heavy atom. The number of halogens is 2. The van der Waals surface area contributed by atoms with E-state index < -0.39 is 38.2 Å². The van der Waals surface area contributed by atoms with E-state index in [0.717, 1.165) is 36.8 Å². The quantitative estimate of drug-likeness (QED) is 0.0819. The minimum atomic E-state index is -2.24. The van der Waals surface area contributed by atoms with Gasteiger partial charge in [0.05, 0.1) is 49.7 Å². The van der Waals surface area contributed by atoms with E-state index >= 15 is 8.78 Å². The molecule has 0 amide bonds. The zero-order chi connectivity index (χ0) is 42.0. The third-order valence-electron chi connectivity index (χ3n) is 14.4. The summed E-state index contributed by atoms with van der Waals surface area (Å²) in [5, 5.41) is 1.93. The molecule has 9 rings (SSSR count). The van der Waals surface area contributed by atoms with Crippen molar-refractivity contribution in [2.75, 3.05) is 50.0 Å². The molecule has 57 heavy (non-hydrogen) atoms. The van der Waals surface area contributed by atoms with E-state index in [1.165, 1.54) is 6.07 Å². The highest BCUT2D eigenvalue weighted by Crippen LogP contribution is 2.66. The van der Waals surface area contributed by atoms with Crippen molar-refractivity contribution in [1.82, 2.24) is 19.9 Å². The van der Waals surface area contributed by atoms with Crippen molar-refractivity contribution in [3.8, 4) is 28.7 Å². The largest absolute Gasteiger partial charge is 0.461 e. The van der Waals surface area contributed by atoms with Crippen LogP contribution < -0.4 is 15.4 Å². The van der Waals surface area contributed by atoms with E-state index in [0.29, 0.717) is 99.5 Å². The van der Waals surface area contributed by atoms with Crippen molar-refractivity contribution in [1.29, 1.82) is 0 Å². The van der Waals surface area contributed by atoms with Gasteiger partial charge in [0.15, 0.2) is 0 Å². The maximum Gasteiger partial charge on any atom is 0.319 e. The highest BCUT2D eigenvalue weighted by Gasteiger charge is 2.67. The molecule has 0 radical (unpaired) electrons. The van der Waals surface area contributed by atoms with Crippen molar-refractivity contribution < 1.29 is 21.0 Å². The van der Waals surface area contributed by atoms with Crippen molar-refractivity contribution in [2.24, 2.45) is 11.3 Å². The summed E-state index contributed by atoms with van der Waals surface area (Å²) in [6.07, 6.45) is 3.88. The molecule has 11 heteroatoms. The molecule has 4 atom stereocenters. The number of nitrogens with two attached hydrogens (primary N) is 1. The van der Waals surface area contributed by atoms with Crippen LogP contribution in [0.15, 0.2) is 42.6 Å². The van der Waals surface area contributed by atoms with Crippen molar-refractivity contribution in [3.05, 3.63) is 59.6 Å². The maximum atomic E-state index is 16.3. The lowest BCUT2D eigenvalue weighted by Gasteiger charge is -2.38. The fourth-order valence-corrected chi connectivity index (χ4v) is 16.4. The minimum Gasteiger partial charge on any atom is -0.461 e. The van der Waals surface area contributed by atoms with Crippen LogP contribution in [-0.4, -0.2) is 85.1 Å². The van der Waals surface area contributed by atoms with Crippen molar-refractivity contribution in [2.45, 2.75) is 109 Å². The minimum absolute atomic E-state index is 0.127. The molecule has 2 aliphatic carbocycles. The molecule has 3 saturated heterocycles. The van der Waals surface area contributed by atoms with Gasteiger partial charge in [0.25, 0.3) is 0 Å². The van der Waals surface area contributed by atoms with Crippen LogP contribution in [0.1, 0.15) is 81.1 Å². The van der Waals surface area contributed by atoms with E-state index in [-0.39, 0.29) is 17.3 Å². The number of nitrogen functional groups attached to an aromatic ring is 1. The Balaban J connectivity index is 1.24. The summed E-state index contributed by atoms with van der Waals surface area (Å²) in [5.41, 5.74) is 14.3. The molecular weight excluding hydrogens is 735 g/mol. The number of benzene rings is 2. The van der Waals surface area contributed by atoms with Crippen LogP contribution in [0.2, 0.25) is 16.6 Å². The number of hydrogen-bond acceptors (Lipinski definition) is 8. The molecular formula is C46H56F2N6O2Si.